The third-order valence-electron chi connectivity index (χ3n) is 12.0. The van der Waals surface area contributed by atoms with Crippen LogP contribution in [0, 0.1) is 5.92 Å². The van der Waals surface area contributed by atoms with Gasteiger partial charge in [0.2, 0.25) is 11.8 Å². The molecule has 15 nitrogen and oxygen atoms in total. The lowest BCUT2D eigenvalue weighted by atomic mass is 9.85. The first-order chi connectivity index (χ1) is 29.0. The van der Waals surface area contributed by atoms with Gasteiger partial charge in [0, 0.05) is 61.1 Å². The molecule has 1 unspecified atom stereocenters. The van der Waals surface area contributed by atoms with Gasteiger partial charge in [0.25, 0.3) is 17.7 Å². The monoisotopic (exact) mass is 844 g/mol. The van der Waals surface area contributed by atoms with Gasteiger partial charge in [-0.1, -0.05) is 12.1 Å². The molecule has 4 aliphatic rings. The van der Waals surface area contributed by atoms with Crippen molar-refractivity contribution in [1.29, 1.82) is 0 Å². The Morgan fingerprint density at radius 2 is 1.75 bits per heavy atom. The molecule has 0 spiro atoms. The molecule has 5 heterocycles. The predicted molar refractivity (Wildman–Crippen MR) is 216 cm³/mol. The van der Waals surface area contributed by atoms with Crippen molar-refractivity contribution in [2.24, 2.45) is 5.92 Å². The number of nitrogens with one attached hydrogen (secondary N) is 3. The van der Waals surface area contributed by atoms with Crippen LogP contribution in [0.4, 0.5) is 24.5 Å². The summed E-state index contributed by atoms with van der Waals surface area (Å²) in [6.45, 7) is 6.71. The second-order valence-corrected chi connectivity index (χ2v) is 16.8. The molecular weight excluding hydrogens is 798 g/mol. The van der Waals surface area contributed by atoms with E-state index in [1.807, 2.05) is 10.9 Å². The summed E-state index contributed by atoms with van der Waals surface area (Å²) in [5, 5.41) is 24.7. The average molecular weight is 845 g/mol. The molecule has 322 valence electrons. The Morgan fingerprint density at radius 1 is 0.984 bits per heavy atom. The molecule has 0 radical (unpaired) electrons. The standard InChI is InChI=1S/C43H47F3N8O7/c1-42(2,60)29-20-32-25(19-33(29)49-38(56)31-7-4-8-35(48-31)43(44,45)46)22-53(51-32)26-11-9-24(10-12-26)21-52-17-18-61-27(23-52)15-16-47-30-6-3-5-28-37(30)41(59)54(40(28)58)34-13-14-36(55)50-39(34)57/h3-8,19-20,22,24,26-27,34,47,60H,9-18,21,23H2,1-2H3,(H,49,56)(H,50,55,57)/t24-,26-,27-,34?/m0/s1. The van der Waals surface area contributed by atoms with Crippen molar-refractivity contribution in [3.63, 3.8) is 0 Å². The number of carbonyl (C=O) groups is 5. The number of carbonyl (C=O) groups excluding carboxylic acids is 5. The number of alkyl halides is 3. The van der Waals surface area contributed by atoms with E-state index in [9.17, 15) is 42.3 Å². The fraction of sp³-hybridized carbons (Fsp3) is 0.465. The van der Waals surface area contributed by atoms with E-state index in [4.69, 9.17) is 9.84 Å². The second kappa shape index (κ2) is 16.6. The molecule has 3 fully saturated rings. The Morgan fingerprint density at radius 3 is 2.49 bits per heavy atom. The number of aliphatic hydroxyl groups is 1. The van der Waals surface area contributed by atoms with Gasteiger partial charge in [0.1, 0.15) is 17.4 Å². The largest absolute Gasteiger partial charge is 0.433 e. The molecule has 2 aromatic carbocycles. The van der Waals surface area contributed by atoms with Crippen LogP contribution in [-0.2, 0) is 26.1 Å². The lowest BCUT2D eigenvalue weighted by molar-refractivity contribution is -0.141. The number of aromatic nitrogens is 3. The van der Waals surface area contributed by atoms with Crippen LogP contribution in [0.1, 0.15) is 107 Å². The van der Waals surface area contributed by atoms with Crippen molar-refractivity contribution in [2.75, 3.05) is 43.4 Å². The molecule has 5 amide bonds. The minimum Gasteiger partial charge on any atom is -0.386 e. The van der Waals surface area contributed by atoms with Gasteiger partial charge in [-0.05, 0) is 94.7 Å². The van der Waals surface area contributed by atoms with Crippen LogP contribution in [0.3, 0.4) is 0 Å². The van der Waals surface area contributed by atoms with E-state index >= 15 is 0 Å². The minimum absolute atomic E-state index is 0.0343. The zero-order valence-electron chi connectivity index (χ0n) is 33.8. The van der Waals surface area contributed by atoms with Crippen LogP contribution in [0.5, 0.6) is 0 Å². The van der Waals surface area contributed by atoms with E-state index < -0.39 is 58.7 Å². The maximum Gasteiger partial charge on any atom is 0.433 e. The average Bonchev–Trinajstić information content (AvgIpc) is 3.75. The van der Waals surface area contributed by atoms with E-state index in [0.29, 0.717) is 47.6 Å². The number of piperidine rings is 1. The number of morpholine rings is 1. The van der Waals surface area contributed by atoms with Crippen LogP contribution in [0.2, 0.25) is 0 Å². The molecule has 3 aliphatic heterocycles. The Kier molecular flexibility index (Phi) is 11.4. The Hall–Kier alpha value is -5.72. The first-order valence-corrected chi connectivity index (χ1v) is 20.6. The summed E-state index contributed by atoms with van der Waals surface area (Å²) in [7, 11) is 0. The zero-order valence-corrected chi connectivity index (χ0v) is 33.8. The number of amides is 5. The normalized spacial score (nSPS) is 22.7. The molecule has 0 bridgehead atoms. The first-order valence-electron chi connectivity index (χ1n) is 20.6. The molecule has 2 aromatic heterocycles. The van der Waals surface area contributed by atoms with Gasteiger partial charge in [0.15, 0.2) is 0 Å². The zero-order chi connectivity index (χ0) is 43.2. The summed E-state index contributed by atoms with van der Waals surface area (Å²) < 4.78 is 47.8. The molecule has 2 atom stereocenters. The number of rotatable bonds is 11. The number of halogens is 3. The quantitative estimate of drug-likeness (QED) is 0.144. The Labute approximate surface area is 349 Å². The van der Waals surface area contributed by atoms with Gasteiger partial charge in [-0.2, -0.15) is 18.3 Å². The number of hydrogen-bond acceptors (Lipinski definition) is 11. The summed E-state index contributed by atoms with van der Waals surface area (Å²) in [5.41, 5.74) is -0.783. The van der Waals surface area contributed by atoms with Gasteiger partial charge in [-0.25, -0.2) is 4.98 Å². The number of pyridine rings is 1. The van der Waals surface area contributed by atoms with Crippen LogP contribution < -0.4 is 16.0 Å². The van der Waals surface area contributed by atoms with Crippen LogP contribution in [-0.4, -0.2) is 104 Å². The molecule has 2 saturated heterocycles. The third-order valence-corrected chi connectivity index (χ3v) is 12.0. The van der Waals surface area contributed by atoms with E-state index in [1.165, 1.54) is 6.07 Å². The molecule has 1 saturated carbocycles. The number of ether oxygens (including phenoxy) is 1. The van der Waals surface area contributed by atoms with E-state index in [2.05, 4.69) is 25.8 Å². The van der Waals surface area contributed by atoms with Crippen LogP contribution >= 0.6 is 0 Å². The predicted octanol–water partition coefficient (Wildman–Crippen LogP) is 5.27. The number of anilines is 2. The number of imide groups is 2. The van der Waals surface area contributed by atoms with Crippen molar-refractivity contribution >= 4 is 51.8 Å². The summed E-state index contributed by atoms with van der Waals surface area (Å²) in [5.74, 6) is -2.53. The number of benzene rings is 2. The first kappa shape index (κ1) is 42.0. The van der Waals surface area contributed by atoms with Gasteiger partial charge >= 0.3 is 6.18 Å². The van der Waals surface area contributed by atoms with E-state index in [-0.39, 0.29) is 41.8 Å². The maximum atomic E-state index is 13.5. The number of nitrogens with zero attached hydrogens (tertiary/aromatic N) is 5. The summed E-state index contributed by atoms with van der Waals surface area (Å²) in [6.07, 6.45) is 1.77. The number of fused-ring (bicyclic) bond motifs is 2. The molecule has 1 aliphatic carbocycles. The van der Waals surface area contributed by atoms with Crippen molar-refractivity contribution in [3.05, 3.63) is 82.8 Å². The summed E-state index contributed by atoms with van der Waals surface area (Å²) >= 11 is 0. The van der Waals surface area contributed by atoms with E-state index in [0.717, 1.165) is 62.4 Å². The van der Waals surface area contributed by atoms with Crippen LogP contribution in [0.25, 0.3) is 10.9 Å². The van der Waals surface area contributed by atoms with E-state index in [1.54, 1.807) is 44.2 Å². The molecule has 4 aromatic rings. The fourth-order valence-corrected chi connectivity index (χ4v) is 8.90. The van der Waals surface area contributed by atoms with Gasteiger partial charge in [-0.15, -0.1) is 0 Å². The SMILES string of the molecule is CC(C)(O)c1cc2nn([C@H]3CC[C@H](CN4CCO[C@@H](CCNc5cccc6c5C(=O)N(C5CCC(=O)NC5=O)C6=O)C4)CC3)cc2cc1NC(=O)c1cccc(C(F)(F)F)n1. The molecular formula is C43H47F3N8O7. The van der Waals surface area contributed by atoms with Gasteiger partial charge < -0.3 is 20.5 Å². The molecule has 4 N–H and O–H groups in total. The summed E-state index contributed by atoms with van der Waals surface area (Å²) in [6, 6.07) is 10.6. The lowest BCUT2D eigenvalue weighted by Gasteiger charge is -2.37. The molecule has 61 heavy (non-hydrogen) atoms. The maximum absolute atomic E-state index is 13.5. The fourth-order valence-electron chi connectivity index (χ4n) is 8.90. The molecule has 8 rings (SSSR count). The van der Waals surface area contributed by atoms with Gasteiger partial charge in [0.05, 0.1) is 41.0 Å². The number of hydrogen-bond donors (Lipinski definition) is 4. The lowest BCUT2D eigenvalue weighted by Crippen LogP contribution is -2.54. The van der Waals surface area contributed by atoms with Crippen molar-refractivity contribution in [3.8, 4) is 0 Å². The van der Waals surface area contributed by atoms with Gasteiger partial charge in [-0.3, -0.25) is 43.8 Å². The van der Waals surface area contributed by atoms with Crippen molar-refractivity contribution < 1.29 is 47.0 Å². The Balaban J connectivity index is 0.843. The highest BCUT2D eigenvalue weighted by molar-refractivity contribution is 6.25. The minimum atomic E-state index is -4.71. The van der Waals surface area contributed by atoms with Crippen molar-refractivity contribution in [1.82, 2.24) is 29.9 Å². The second-order valence-electron chi connectivity index (χ2n) is 16.8. The molecule has 18 heteroatoms. The highest BCUT2D eigenvalue weighted by atomic mass is 19.4. The topological polar surface area (TPSA) is 188 Å². The highest BCUT2D eigenvalue weighted by Crippen LogP contribution is 2.37. The Bertz CT molecular complexity index is 2390. The van der Waals surface area contributed by atoms with Crippen molar-refractivity contribution in [2.45, 2.75) is 88.8 Å². The van der Waals surface area contributed by atoms with Crippen LogP contribution in [0.15, 0.2) is 54.7 Å². The smallest absolute Gasteiger partial charge is 0.386 e. The third kappa shape index (κ3) is 8.88. The highest BCUT2D eigenvalue weighted by Gasteiger charge is 2.45. The summed E-state index contributed by atoms with van der Waals surface area (Å²) in [4.78, 5) is 70.8.